The van der Waals surface area contributed by atoms with Crippen molar-refractivity contribution in [1.82, 2.24) is 14.9 Å². The zero-order valence-electron chi connectivity index (χ0n) is 15.9. The number of hydrogen-bond acceptors (Lipinski definition) is 3. The molecule has 6 heteroatoms. The van der Waals surface area contributed by atoms with E-state index in [1.165, 1.54) is 12.4 Å². The Morgan fingerprint density at radius 3 is 2.57 bits per heavy atom. The summed E-state index contributed by atoms with van der Waals surface area (Å²) in [5.74, 6) is -0.695. The largest absolute Gasteiger partial charge is 0.352 e. The van der Waals surface area contributed by atoms with Gasteiger partial charge < -0.3 is 9.88 Å². The lowest BCUT2D eigenvalue weighted by atomic mass is 10.0. The molecule has 0 bridgehead atoms. The standard InChI is InChI=1S/C22H22FN3O2/c1-15-3-5-18(11-16(15)2)21(27)7-8-22(28)25-13-17-4-6-20(19(23)12-17)26-10-9-24-14-26/h3-6,9-12,14H,7-8,13H2,1-2H3,(H,25,28). The van der Waals surface area contributed by atoms with Gasteiger partial charge in [-0.05, 0) is 48.7 Å². The lowest BCUT2D eigenvalue weighted by Crippen LogP contribution is -2.23. The highest BCUT2D eigenvalue weighted by Gasteiger charge is 2.11. The summed E-state index contributed by atoms with van der Waals surface area (Å²) in [6.45, 7) is 4.15. The molecule has 1 aromatic heterocycles. The molecule has 1 heterocycles. The molecule has 1 amide bonds. The van der Waals surface area contributed by atoms with Gasteiger partial charge in [0.15, 0.2) is 5.78 Å². The number of ketones is 1. The molecule has 3 rings (SSSR count). The molecular formula is C22H22FN3O2. The zero-order valence-corrected chi connectivity index (χ0v) is 15.9. The fraction of sp³-hybridized carbons (Fsp3) is 0.227. The van der Waals surface area contributed by atoms with Crippen LogP contribution in [-0.2, 0) is 11.3 Å². The van der Waals surface area contributed by atoms with Crippen LogP contribution in [0.5, 0.6) is 0 Å². The second-order valence-electron chi connectivity index (χ2n) is 6.75. The molecule has 0 saturated heterocycles. The van der Waals surface area contributed by atoms with Crippen LogP contribution in [0.15, 0.2) is 55.1 Å². The Bertz CT molecular complexity index is 997. The molecular weight excluding hydrogens is 357 g/mol. The third-order valence-corrected chi connectivity index (χ3v) is 4.69. The van der Waals surface area contributed by atoms with Gasteiger partial charge in [0.05, 0.1) is 12.0 Å². The second-order valence-corrected chi connectivity index (χ2v) is 6.75. The molecule has 2 aromatic carbocycles. The van der Waals surface area contributed by atoms with Crippen LogP contribution in [0.4, 0.5) is 4.39 Å². The highest BCUT2D eigenvalue weighted by atomic mass is 19.1. The van der Waals surface area contributed by atoms with E-state index in [0.717, 1.165) is 11.1 Å². The fourth-order valence-electron chi connectivity index (χ4n) is 2.85. The van der Waals surface area contributed by atoms with Crippen LogP contribution < -0.4 is 5.32 Å². The number of carbonyl (C=O) groups is 2. The molecule has 144 valence electrons. The molecule has 5 nitrogen and oxygen atoms in total. The number of carbonyl (C=O) groups excluding carboxylic acids is 2. The molecule has 28 heavy (non-hydrogen) atoms. The van der Waals surface area contributed by atoms with Gasteiger partial charge >= 0.3 is 0 Å². The topological polar surface area (TPSA) is 64.0 Å². The van der Waals surface area contributed by atoms with Crippen molar-refractivity contribution in [3.05, 3.63) is 83.2 Å². The number of imidazole rings is 1. The third-order valence-electron chi connectivity index (χ3n) is 4.69. The average Bonchev–Trinajstić information content (AvgIpc) is 3.21. The quantitative estimate of drug-likeness (QED) is 0.633. The van der Waals surface area contributed by atoms with Gasteiger partial charge in [-0.2, -0.15) is 0 Å². The van der Waals surface area contributed by atoms with Crippen molar-refractivity contribution in [2.24, 2.45) is 0 Å². The Balaban J connectivity index is 1.51. The maximum Gasteiger partial charge on any atom is 0.220 e. The Kier molecular flexibility index (Phi) is 5.99. The molecule has 1 N–H and O–H groups in total. The highest BCUT2D eigenvalue weighted by Crippen LogP contribution is 2.15. The summed E-state index contributed by atoms with van der Waals surface area (Å²) < 4.78 is 15.8. The van der Waals surface area contributed by atoms with Crippen molar-refractivity contribution in [2.75, 3.05) is 0 Å². The number of rotatable bonds is 7. The van der Waals surface area contributed by atoms with E-state index in [2.05, 4.69) is 10.3 Å². The number of nitrogens with zero attached hydrogens (tertiary/aromatic N) is 2. The summed E-state index contributed by atoms with van der Waals surface area (Å²) in [5, 5.41) is 2.73. The average molecular weight is 379 g/mol. The van der Waals surface area contributed by atoms with Gasteiger partial charge in [-0.25, -0.2) is 9.37 Å². The molecule has 0 fully saturated rings. The normalized spacial score (nSPS) is 10.7. The Morgan fingerprint density at radius 2 is 1.89 bits per heavy atom. The van der Waals surface area contributed by atoms with E-state index in [9.17, 15) is 14.0 Å². The first-order valence-electron chi connectivity index (χ1n) is 9.08. The van der Waals surface area contributed by atoms with Crippen molar-refractivity contribution >= 4 is 11.7 Å². The van der Waals surface area contributed by atoms with E-state index in [1.54, 1.807) is 35.2 Å². The zero-order chi connectivity index (χ0) is 20.1. The van der Waals surface area contributed by atoms with Gasteiger partial charge in [-0.1, -0.05) is 18.2 Å². The highest BCUT2D eigenvalue weighted by molar-refractivity contribution is 5.98. The number of halogens is 1. The minimum Gasteiger partial charge on any atom is -0.352 e. The monoisotopic (exact) mass is 379 g/mol. The van der Waals surface area contributed by atoms with Gasteiger partial charge in [0.1, 0.15) is 5.82 Å². The Hall–Kier alpha value is -3.28. The smallest absolute Gasteiger partial charge is 0.220 e. The minimum atomic E-state index is -0.394. The van der Waals surface area contributed by atoms with E-state index in [1.807, 2.05) is 26.0 Å². The SMILES string of the molecule is Cc1ccc(C(=O)CCC(=O)NCc2ccc(-n3ccnc3)c(F)c2)cc1C. The maximum atomic E-state index is 14.2. The van der Waals surface area contributed by atoms with Crippen molar-refractivity contribution < 1.29 is 14.0 Å². The lowest BCUT2D eigenvalue weighted by Gasteiger charge is -2.09. The molecule has 3 aromatic rings. The van der Waals surface area contributed by atoms with Crippen LogP contribution >= 0.6 is 0 Å². The predicted molar refractivity (Wildman–Crippen MR) is 105 cm³/mol. The number of aryl methyl sites for hydroxylation is 2. The Morgan fingerprint density at radius 1 is 1.07 bits per heavy atom. The van der Waals surface area contributed by atoms with Crippen LogP contribution in [0.25, 0.3) is 5.69 Å². The van der Waals surface area contributed by atoms with Gasteiger partial charge in [0.2, 0.25) is 5.91 Å². The molecule has 0 aliphatic rings. The summed E-state index contributed by atoms with van der Waals surface area (Å²) in [4.78, 5) is 28.2. The van der Waals surface area contributed by atoms with Gasteiger partial charge in [-0.3, -0.25) is 9.59 Å². The molecule has 0 unspecified atom stereocenters. The van der Waals surface area contributed by atoms with E-state index < -0.39 is 5.82 Å². The summed E-state index contributed by atoms with van der Waals surface area (Å²) in [7, 11) is 0. The second kappa shape index (κ2) is 8.61. The minimum absolute atomic E-state index is 0.0611. The fourth-order valence-corrected chi connectivity index (χ4v) is 2.85. The maximum absolute atomic E-state index is 14.2. The van der Waals surface area contributed by atoms with Crippen molar-refractivity contribution in [2.45, 2.75) is 33.2 Å². The van der Waals surface area contributed by atoms with Crippen LogP contribution in [0, 0.1) is 19.7 Å². The third kappa shape index (κ3) is 4.71. The van der Waals surface area contributed by atoms with Crippen molar-refractivity contribution in [3.8, 4) is 5.69 Å². The van der Waals surface area contributed by atoms with Crippen LogP contribution in [0.1, 0.15) is 39.9 Å². The molecule has 0 aliphatic carbocycles. The van der Waals surface area contributed by atoms with Crippen LogP contribution in [0.2, 0.25) is 0 Å². The first kappa shape index (κ1) is 19.5. The molecule has 0 saturated carbocycles. The van der Waals surface area contributed by atoms with Gasteiger partial charge in [0, 0.05) is 37.3 Å². The number of aromatic nitrogens is 2. The Labute approximate surface area is 163 Å². The summed E-state index contributed by atoms with van der Waals surface area (Å²) >= 11 is 0. The molecule has 0 spiro atoms. The van der Waals surface area contributed by atoms with Gasteiger partial charge in [0.25, 0.3) is 0 Å². The molecule has 0 radical (unpaired) electrons. The van der Waals surface area contributed by atoms with Crippen LogP contribution in [-0.4, -0.2) is 21.2 Å². The molecule has 0 atom stereocenters. The van der Waals surface area contributed by atoms with E-state index in [0.29, 0.717) is 16.8 Å². The number of amides is 1. The van der Waals surface area contributed by atoms with E-state index in [4.69, 9.17) is 0 Å². The van der Waals surface area contributed by atoms with Gasteiger partial charge in [-0.15, -0.1) is 0 Å². The number of nitrogens with one attached hydrogen (secondary N) is 1. The van der Waals surface area contributed by atoms with Crippen molar-refractivity contribution in [1.29, 1.82) is 0 Å². The van der Waals surface area contributed by atoms with E-state index >= 15 is 0 Å². The molecule has 0 aliphatic heterocycles. The lowest BCUT2D eigenvalue weighted by molar-refractivity contribution is -0.121. The summed E-state index contributed by atoms with van der Waals surface area (Å²) in [6.07, 6.45) is 5.00. The number of benzene rings is 2. The number of hydrogen-bond donors (Lipinski definition) is 1. The van der Waals surface area contributed by atoms with Crippen LogP contribution in [0.3, 0.4) is 0 Å². The predicted octanol–water partition coefficient (Wildman–Crippen LogP) is 3.91. The first-order chi connectivity index (χ1) is 13.4. The first-order valence-corrected chi connectivity index (χ1v) is 9.08. The summed E-state index contributed by atoms with van der Waals surface area (Å²) in [5.41, 5.74) is 3.84. The van der Waals surface area contributed by atoms with E-state index in [-0.39, 0.29) is 31.1 Å². The number of Topliss-reactive ketones (excluding diaryl/α,β-unsaturated/α-hetero) is 1. The summed E-state index contributed by atoms with van der Waals surface area (Å²) in [6, 6.07) is 10.3. The van der Waals surface area contributed by atoms with Crippen molar-refractivity contribution in [3.63, 3.8) is 0 Å².